The Labute approximate surface area is 134 Å². The lowest BCUT2D eigenvalue weighted by Crippen LogP contribution is -2.45. The van der Waals surface area contributed by atoms with E-state index in [-0.39, 0.29) is 29.9 Å². The number of esters is 1. The molecule has 0 aliphatic carbocycles. The van der Waals surface area contributed by atoms with Crippen LogP contribution in [0.25, 0.3) is 0 Å². The van der Waals surface area contributed by atoms with E-state index in [1.54, 1.807) is 4.90 Å². The standard InChI is InChI=1S/C16H20ClNO4/c1-2-12-5-3-4-8-18(12)15(20)10-22-16(21)13-9-11(17)6-7-14(13)19/h6-7,9,12,19H,2-5,8,10H2,1H3. The normalized spacial score (nSPS) is 18.1. The van der Waals surface area contributed by atoms with Crippen LogP contribution in [0.15, 0.2) is 18.2 Å². The van der Waals surface area contributed by atoms with Crippen LogP contribution in [0.3, 0.4) is 0 Å². The van der Waals surface area contributed by atoms with Gasteiger partial charge in [0.15, 0.2) is 6.61 Å². The second-order valence-electron chi connectivity index (χ2n) is 5.38. The van der Waals surface area contributed by atoms with Crippen LogP contribution in [0, 0.1) is 0 Å². The van der Waals surface area contributed by atoms with Gasteiger partial charge in [-0.05, 0) is 43.9 Å². The maximum atomic E-state index is 12.2. The number of piperidine rings is 1. The van der Waals surface area contributed by atoms with Gasteiger partial charge < -0.3 is 14.7 Å². The number of phenols is 1. The van der Waals surface area contributed by atoms with Crippen molar-refractivity contribution in [2.75, 3.05) is 13.2 Å². The molecule has 1 aliphatic heterocycles. The minimum atomic E-state index is -0.751. The molecule has 1 N–H and O–H groups in total. The number of nitrogens with zero attached hydrogens (tertiary/aromatic N) is 1. The number of ether oxygens (including phenoxy) is 1. The number of hydrogen-bond acceptors (Lipinski definition) is 4. The van der Waals surface area contributed by atoms with Crippen molar-refractivity contribution < 1.29 is 19.4 Å². The lowest BCUT2D eigenvalue weighted by molar-refractivity contribution is -0.138. The maximum Gasteiger partial charge on any atom is 0.342 e. The molecule has 6 heteroatoms. The van der Waals surface area contributed by atoms with Gasteiger partial charge in [-0.15, -0.1) is 0 Å². The summed E-state index contributed by atoms with van der Waals surface area (Å²) < 4.78 is 5.02. The summed E-state index contributed by atoms with van der Waals surface area (Å²) in [4.78, 5) is 25.9. The molecule has 0 spiro atoms. The van der Waals surface area contributed by atoms with Crippen LogP contribution >= 0.6 is 11.6 Å². The predicted molar refractivity (Wildman–Crippen MR) is 83.0 cm³/mol. The summed E-state index contributed by atoms with van der Waals surface area (Å²) in [5.74, 6) is -1.16. The van der Waals surface area contributed by atoms with Crippen LogP contribution in [0.5, 0.6) is 5.75 Å². The molecule has 1 fully saturated rings. The zero-order valence-electron chi connectivity index (χ0n) is 12.5. The summed E-state index contributed by atoms with van der Waals surface area (Å²) in [5.41, 5.74) is -0.0361. The molecule has 1 unspecified atom stereocenters. The largest absolute Gasteiger partial charge is 0.507 e. The number of phenolic OH excluding ortho intramolecular Hbond substituents is 1. The molecule has 1 atom stereocenters. The molecular weight excluding hydrogens is 306 g/mol. The van der Waals surface area contributed by atoms with E-state index in [1.807, 2.05) is 6.92 Å². The van der Waals surface area contributed by atoms with E-state index in [9.17, 15) is 14.7 Å². The van der Waals surface area contributed by atoms with Crippen molar-refractivity contribution in [1.29, 1.82) is 0 Å². The van der Waals surface area contributed by atoms with E-state index in [2.05, 4.69) is 0 Å². The molecule has 1 aromatic rings. The third kappa shape index (κ3) is 3.91. The molecule has 0 aromatic heterocycles. The Morgan fingerprint density at radius 3 is 2.91 bits per heavy atom. The van der Waals surface area contributed by atoms with Crippen molar-refractivity contribution in [3.63, 3.8) is 0 Å². The Hall–Kier alpha value is -1.75. The average molecular weight is 326 g/mol. The van der Waals surface area contributed by atoms with Crippen molar-refractivity contribution in [3.8, 4) is 5.75 Å². The number of benzene rings is 1. The van der Waals surface area contributed by atoms with Gasteiger partial charge in [0, 0.05) is 17.6 Å². The van der Waals surface area contributed by atoms with E-state index < -0.39 is 5.97 Å². The molecule has 1 amide bonds. The third-order valence-electron chi connectivity index (χ3n) is 3.92. The van der Waals surface area contributed by atoms with Gasteiger partial charge in [0.25, 0.3) is 5.91 Å². The first-order valence-corrected chi connectivity index (χ1v) is 7.85. The number of aromatic hydroxyl groups is 1. The zero-order valence-corrected chi connectivity index (χ0v) is 13.3. The molecule has 0 radical (unpaired) electrons. The van der Waals surface area contributed by atoms with Gasteiger partial charge in [0.05, 0.1) is 0 Å². The van der Waals surface area contributed by atoms with Crippen molar-refractivity contribution >= 4 is 23.5 Å². The summed E-state index contributed by atoms with van der Waals surface area (Å²) in [7, 11) is 0. The molecular formula is C16H20ClNO4. The first kappa shape index (κ1) is 16.6. The van der Waals surface area contributed by atoms with Crippen molar-refractivity contribution in [2.24, 2.45) is 0 Å². The molecule has 0 bridgehead atoms. The highest BCUT2D eigenvalue weighted by molar-refractivity contribution is 6.31. The molecule has 1 saturated heterocycles. The highest BCUT2D eigenvalue weighted by Crippen LogP contribution is 2.23. The first-order chi connectivity index (χ1) is 10.5. The predicted octanol–water partition coefficient (Wildman–Crippen LogP) is 2.99. The maximum absolute atomic E-state index is 12.2. The fraction of sp³-hybridized carbons (Fsp3) is 0.500. The van der Waals surface area contributed by atoms with E-state index >= 15 is 0 Å². The van der Waals surface area contributed by atoms with Crippen LogP contribution in [-0.2, 0) is 9.53 Å². The van der Waals surface area contributed by atoms with Crippen LogP contribution in [-0.4, -0.2) is 41.1 Å². The third-order valence-corrected chi connectivity index (χ3v) is 4.16. The molecule has 2 rings (SSSR count). The van der Waals surface area contributed by atoms with E-state index in [0.717, 1.165) is 25.7 Å². The second kappa shape index (κ2) is 7.49. The minimum absolute atomic E-state index is 0.0361. The van der Waals surface area contributed by atoms with Gasteiger partial charge in [-0.1, -0.05) is 18.5 Å². The van der Waals surface area contributed by atoms with Gasteiger partial charge >= 0.3 is 5.97 Å². The zero-order chi connectivity index (χ0) is 16.1. The highest BCUT2D eigenvalue weighted by Gasteiger charge is 2.26. The number of hydrogen-bond donors (Lipinski definition) is 1. The monoisotopic (exact) mass is 325 g/mol. The molecule has 5 nitrogen and oxygen atoms in total. The second-order valence-corrected chi connectivity index (χ2v) is 5.82. The summed E-state index contributed by atoms with van der Waals surface area (Å²) in [6, 6.07) is 4.33. The smallest absolute Gasteiger partial charge is 0.342 e. The summed E-state index contributed by atoms with van der Waals surface area (Å²) in [5, 5.41) is 9.96. The first-order valence-electron chi connectivity index (χ1n) is 7.48. The topological polar surface area (TPSA) is 66.8 Å². The van der Waals surface area contributed by atoms with E-state index in [0.29, 0.717) is 11.6 Å². The van der Waals surface area contributed by atoms with Gasteiger partial charge in [0.1, 0.15) is 11.3 Å². The SMILES string of the molecule is CCC1CCCCN1C(=O)COC(=O)c1cc(Cl)ccc1O. The average Bonchev–Trinajstić information content (AvgIpc) is 2.54. The Kier molecular flexibility index (Phi) is 5.66. The molecule has 1 aliphatic rings. The van der Waals surface area contributed by atoms with Crippen molar-refractivity contribution in [2.45, 2.75) is 38.6 Å². The number of carbonyl (C=O) groups excluding carboxylic acids is 2. The van der Waals surface area contributed by atoms with Crippen molar-refractivity contribution in [1.82, 2.24) is 4.90 Å². The van der Waals surface area contributed by atoms with Crippen LogP contribution < -0.4 is 0 Å². The molecule has 0 saturated carbocycles. The van der Waals surface area contributed by atoms with Gasteiger partial charge in [0.2, 0.25) is 0 Å². The highest BCUT2D eigenvalue weighted by atomic mass is 35.5. The van der Waals surface area contributed by atoms with Crippen LogP contribution in [0.4, 0.5) is 0 Å². The van der Waals surface area contributed by atoms with E-state index in [1.165, 1.54) is 18.2 Å². The Bertz CT molecular complexity index is 561. The number of halogens is 1. The fourth-order valence-electron chi connectivity index (χ4n) is 2.71. The minimum Gasteiger partial charge on any atom is -0.507 e. The lowest BCUT2D eigenvalue weighted by atomic mass is 10.00. The lowest BCUT2D eigenvalue weighted by Gasteiger charge is -2.35. The summed E-state index contributed by atoms with van der Waals surface area (Å²) in [6.07, 6.45) is 3.99. The number of rotatable bonds is 4. The van der Waals surface area contributed by atoms with Crippen LogP contribution in [0.2, 0.25) is 5.02 Å². The Balaban J connectivity index is 1.95. The van der Waals surface area contributed by atoms with E-state index in [4.69, 9.17) is 16.3 Å². The van der Waals surface area contributed by atoms with Crippen molar-refractivity contribution in [3.05, 3.63) is 28.8 Å². The molecule has 1 aromatic carbocycles. The number of carbonyl (C=O) groups is 2. The molecule has 120 valence electrons. The number of likely N-dealkylation sites (tertiary alicyclic amines) is 1. The fourth-order valence-corrected chi connectivity index (χ4v) is 2.89. The summed E-state index contributed by atoms with van der Waals surface area (Å²) >= 11 is 5.79. The Morgan fingerprint density at radius 2 is 2.18 bits per heavy atom. The van der Waals surface area contributed by atoms with Gasteiger partial charge in [-0.3, -0.25) is 4.79 Å². The molecule has 22 heavy (non-hydrogen) atoms. The van der Waals surface area contributed by atoms with Crippen LogP contribution in [0.1, 0.15) is 43.0 Å². The summed E-state index contributed by atoms with van der Waals surface area (Å²) in [6.45, 7) is 2.44. The van der Waals surface area contributed by atoms with Gasteiger partial charge in [-0.25, -0.2) is 4.79 Å². The number of amides is 1. The van der Waals surface area contributed by atoms with Gasteiger partial charge in [-0.2, -0.15) is 0 Å². The quantitative estimate of drug-likeness (QED) is 0.864. The molecule has 1 heterocycles. The Morgan fingerprint density at radius 1 is 1.41 bits per heavy atom.